The predicted octanol–water partition coefficient (Wildman–Crippen LogP) is 1.92. The second-order valence-electron chi connectivity index (χ2n) is 6.24. The van der Waals surface area contributed by atoms with Crippen molar-refractivity contribution in [1.29, 1.82) is 0 Å². The maximum absolute atomic E-state index is 12.7. The van der Waals surface area contributed by atoms with Crippen LogP contribution in [0.3, 0.4) is 0 Å². The number of aryl methyl sites for hydroxylation is 1. The first-order chi connectivity index (χ1) is 10.5. The summed E-state index contributed by atoms with van der Waals surface area (Å²) >= 11 is 0. The van der Waals surface area contributed by atoms with Gasteiger partial charge in [0.15, 0.2) is 5.65 Å². The smallest absolute Gasteiger partial charge is 0.255 e. The van der Waals surface area contributed by atoms with Gasteiger partial charge >= 0.3 is 0 Å². The molecule has 6 heteroatoms. The maximum atomic E-state index is 12.7. The van der Waals surface area contributed by atoms with Gasteiger partial charge in [0.05, 0.1) is 23.6 Å². The molecule has 2 aromatic rings. The highest BCUT2D eigenvalue weighted by atomic mass is 16.3. The van der Waals surface area contributed by atoms with Crippen molar-refractivity contribution in [2.45, 2.75) is 45.8 Å². The van der Waals surface area contributed by atoms with Gasteiger partial charge in [0.1, 0.15) is 0 Å². The van der Waals surface area contributed by atoms with Crippen molar-refractivity contribution in [1.82, 2.24) is 19.7 Å². The van der Waals surface area contributed by atoms with Gasteiger partial charge < -0.3 is 10.0 Å². The quantitative estimate of drug-likeness (QED) is 0.920. The van der Waals surface area contributed by atoms with Crippen LogP contribution in [0.4, 0.5) is 0 Å². The number of hydrogen-bond acceptors (Lipinski definition) is 4. The summed E-state index contributed by atoms with van der Waals surface area (Å²) in [7, 11) is 0. The molecule has 1 amide bonds. The van der Waals surface area contributed by atoms with Crippen LogP contribution in [0.25, 0.3) is 11.0 Å². The fraction of sp³-hybridized carbons (Fsp3) is 0.562. The molecule has 118 valence electrons. The molecule has 1 saturated heterocycles. The zero-order valence-corrected chi connectivity index (χ0v) is 13.3. The van der Waals surface area contributed by atoms with Gasteiger partial charge in [-0.25, -0.2) is 9.67 Å². The second kappa shape index (κ2) is 5.68. The first-order valence-corrected chi connectivity index (χ1v) is 7.79. The van der Waals surface area contributed by atoms with E-state index in [2.05, 4.69) is 23.9 Å². The molecule has 1 aliphatic rings. The number of pyridine rings is 1. The fourth-order valence-electron chi connectivity index (χ4n) is 2.90. The molecule has 3 rings (SSSR count). The largest absolute Gasteiger partial charge is 0.393 e. The fourth-order valence-corrected chi connectivity index (χ4v) is 2.90. The van der Waals surface area contributed by atoms with Crippen molar-refractivity contribution in [3.63, 3.8) is 0 Å². The minimum absolute atomic E-state index is 0.00361. The molecule has 0 spiro atoms. The van der Waals surface area contributed by atoms with E-state index >= 15 is 0 Å². The van der Waals surface area contributed by atoms with Gasteiger partial charge in [-0.15, -0.1) is 0 Å². The Morgan fingerprint density at radius 3 is 2.68 bits per heavy atom. The molecule has 1 N–H and O–H groups in total. The molecule has 0 aliphatic carbocycles. The highest BCUT2D eigenvalue weighted by molar-refractivity contribution is 5.98. The lowest BCUT2D eigenvalue weighted by Crippen LogP contribution is -2.40. The molecule has 1 aliphatic heterocycles. The van der Waals surface area contributed by atoms with Crippen LogP contribution in [0.2, 0.25) is 0 Å². The topological polar surface area (TPSA) is 71.2 Å². The third kappa shape index (κ3) is 2.59. The summed E-state index contributed by atoms with van der Waals surface area (Å²) in [6.45, 7) is 7.18. The van der Waals surface area contributed by atoms with Crippen LogP contribution in [0, 0.1) is 6.92 Å². The summed E-state index contributed by atoms with van der Waals surface area (Å²) in [6, 6.07) is 2.12. The molecule has 0 aromatic carbocycles. The van der Waals surface area contributed by atoms with Crippen LogP contribution in [-0.4, -0.2) is 49.9 Å². The van der Waals surface area contributed by atoms with Crippen LogP contribution in [0.5, 0.6) is 0 Å². The van der Waals surface area contributed by atoms with E-state index in [1.165, 1.54) is 0 Å². The average Bonchev–Trinajstić information content (AvgIpc) is 2.89. The van der Waals surface area contributed by atoms with E-state index in [0.717, 1.165) is 16.7 Å². The number of aliphatic hydroxyl groups is 1. The Morgan fingerprint density at radius 1 is 1.36 bits per heavy atom. The number of carbonyl (C=O) groups excluding carboxylic acids is 1. The Morgan fingerprint density at radius 2 is 2.05 bits per heavy atom. The molecule has 6 nitrogen and oxygen atoms in total. The molecule has 0 atom stereocenters. The second-order valence-corrected chi connectivity index (χ2v) is 6.24. The first kappa shape index (κ1) is 15.0. The highest BCUT2D eigenvalue weighted by Crippen LogP contribution is 2.21. The summed E-state index contributed by atoms with van der Waals surface area (Å²) in [5.74, 6) is -0.00361. The van der Waals surface area contributed by atoms with E-state index in [1.54, 1.807) is 11.1 Å². The zero-order valence-electron chi connectivity index (χ0n) is 13.3. The van der Waals surface area contributed by atoms with Gasteiger partial charge in [-0.05, 0) is 39.7 Å². The normalized spacial score (nSPS) is 16.7. The maximum Gasteiger partial charge on any atom is 0.255 e. The SMILES string of the molecule is Cc1nc2c(cnn2C(C)C)cc1C(=O)N1CCC(O)CC1. The molecule has 1 fully saturated rings. The Balaban J connectivity index is 1.94. The predicted molar refractivity (Wildman–Crippen MR) is 83.8 cm³/mol. The molecule has 0 unspecified atom stereocenters. The first-order valence-electron chi connectivity index (χ1n) is 7.79. The monoisotopic (exact) mass is 302 g/mol. The van der Waals surface area contributed by atoms with E-state index in [9.17, 15) is 9.90 Å². The Bertz CT molecular complexity index is 699. The number of aromatic nitrogens is 3. The van der Waals surface area contributed by atoms with Crippen LogP contribution < -0.4 is 0 Å². The van der Waals surface area contributed by atoms with Gasteiger partial charge in [0.25, 0.3) is 5.91 Å². The van der Waals surface area contributed by atoms with Crippen molar-refractivity contribution in [2.24, 2.45) is 0 Å². The Labute approximate surface area is 129 Å². The number of likely N-dealkylation sites (tertiary alicyclic amines) is 1. The summed E-state index contributed by atoms with van der Waals surface area (Å²) in [5.41, 5.74) is 2.18. The number of nitrogens with zero attached hydrogens (tertiary/aromatic N) is 4. The third-order valence-corrected chi connectivity index (χ3v) is 4.23. The summed E-state index contributed by atoms with van der Waals surface area (Å²) in [4.78, 5) is 19.1. The summed E-state index contributed by atoms with van der Waals surface area (Å²) in [5, 5.41) is 14.8. The summed E-state index contributed by atoms with van der Waals surface area (Å²) in [6.07, 6.45) is 2.77. The number of amides is 1. The van der Waals surface area contributed by atoms with Gasteiger partial charge in [0.2, 0.25) is 0 Å². The molecule has 0 radical (unpaired) electrons. The van der Waals surface area contributed by atoms with Crippen molar-refractivity contribution in [3.05, 3.63) is 23.5 Å². The number of rotatable bonds is 2. The van der Waals surface area contributed by atoms with E-state index in [1.807, 2.05) is 17.7 Å². The standard InChI is InChI=1S/C16H22N4O2/c1-10(2)20-15-12(9-17-20)8-14(11(3)18-15)16(22)19-6-4-13(21)5-7-19/h8-10,13,21H,4-7H2,1-3H3. The molecular weight excluding hydrogens is 280 g/mol. The molecule has 3 heterocycles. The zero-order chi connectivity index (χ0) is 15.9. The summed E-state index contributed by atoms with van der Waals surface area (Å²) < 4.78 is 1.87. The molecule has 0 saturated carbocycles. The van der Waals surface area contributed by atoms with Gasteiger partial charge in [-0.1, -0.05) is 0 Å². The van der Waals surface area contributed by atoms with E-state index in [4.69, 9.17) is 0 Å². The van der Waals surface area contributed by atoms with Crippen LogP contribution in [-0.2, 0) is 0 Å². The molecule has 2 aromatic heterocycles. The van der Waals surface area contributed by atoms with E-state index in [-0.39, 0.29) is 18.1 Å². The van der Waals surface area contributed by atoms with Crippen molar-refractivity contribution in [3.8, 4) is 0 Å². The van der Waals surface area contributed by atoms with Crippen molar-refractivity contribution in [2.75, 3.05) is 13.1 Å². The lowest BCUT2D eigenvalue weighted by Gasteiger charge is -2.30. The highest BCUT2D eigenvalue weighted by Gasteiger charge is 2.24. The van der Waals surface area contributed by atoms with E-state index in [0.29, 0.717) is 31.5 Å². The molecule has 22 heavy (non-hydrogen) atoms. The van der Waals surface area contributed by atoms with Crippen LogP contribution >= 0.6 is 0 Å². The number of piperidine rings is 1. The van der Waals surface area contributed by atoms with Crippen LogP contribution in [0.15, 0.2) is 12.3 Å². The molecular formula is C16H22N4O2. The van der Waals surface area contributed by atoms with Crippen molar-refractivity contribution >= 4 is 16.9 Å². The average molecular weight is 302 g/mol. The number of hydrogen-bond donors (Lipinski definition) is 1. The van der Waals surface area contributed by atoms with Gasteiger partial charge in [-0.3, -0.25) is 4.79 Å². The minimum atomic E-state index is -0.282. The lowest BCUT2D eigenvalue weighted by molar-refractivity contribution is 0.0545. The van der Waals surface area contributed by atoms with E-state index < -0.39 is 0 Å². The van der Waals surface area contributed by atoms with Crippen molar-refractivity contribution < 1.29 is 9.90 Å². The lowest BCUT2D eigenvalue weighted by atomic mass is 10.1. The third-order valence-electron chi connectivity index (χ3n) is 4.23. The number of aliphatic hydroxyl groups excluding tert-OH is 1. The Hall–Kier alpha value is -1.95. The Kier molecular flexibility index (Phi) is 3.87. The molecule has 0 bridgehead atoms. The van der Waals surface area contributed by atoms with Gasteiger partial charge in [-0.2, -0.15) is 5.10 Å². The number of fused-ring (bicyclic) bond motifs is 1. The number of carbonyl (C=O) groups is 1. The van der Waals surface area contributed by atoms with Crippen LogP contribution in [0.1, 0.15) is 48.8 Å². The minimum Gasteiger partial charge on any atom is -0.393 e. The van der Waals surface area contributed by atoms with Gasteiger partial charge in [0, 0.05) is 24.5 Å².